The minimum absolute atomic E-state index is 0.00799. The van der Waals surface area contributed by atoms with Gasteiger partial charge in [0.05, 0.1) is 17.2 Å². The van der Waals surface area contributed by atoms with Crippen LogP contribution in [0.2, 0.25) is 10.2 Å². The number of aliphatic hydroxyl groups is 1. The molecule has 0 aromatic carbocycles. The Morgan fingerprint density at radius 2 is 2.12 bits per heavy atom. The third-order valence-corrected chi connectivity index (χ3v) is 2.36. The Balaban J connectivity index is 2.89. The number of amides is 1. The van der Waals surface area contributed by atoms with E-state index in [9.17, 15) is 9.59 Å². The van der Waals surface area contributed by atoms with Gasteiger partial charge in [-0.2, -0.15) is 0 Å². The molecule has 0 bridgehead atoms. The standard InChI is InChI=1S/C9H8Cl2N2O4/c10-5-2-12-7(11)1-4(5)8(15)13-6(3-14)9(16)17/h1-2,6,14H,3H2,(H,13,15)(H,16,17)/t6-/m0/s1. The smallest absolute Gasteiger partial charge is 0.328 e. The van der Waals surface area contributed by atoms with Crippen LogP contribution in [-0.4, -0.2) is 39.7 Å². The molecule has 1 atom stereocenters. The second-order valence-corrected chi connectivity index (χ2v) is 3.83. The van der Waals surface area contributed by atoms with Crippen molar-refractivity contribution in [1.29, 1.82) is 0 Å². The highest BCUT2D eigenvalue weighted by Crippen LogP contribution is 2.17. The lowest BCUT2D eigenvalue weighted by Gasteiger charge is -2.12. The Labute approximate surface area is 106 Å². The number of hydrogen-bond acceptors (Lipinski definition) is 4. The normalized spacial score (nSPS) is 11.9. The summed E-state index contributed by atoms with van der Waals surface area (Å²) in [4.78, 5) is 25.9. The van der Waals surface area contributed by atoms with Crippen LogP contribution in [0.1, 0.15) is 10.4 Å². The van der Waals surface area contributed by atoms with Crippen molar-refractivity contribution in [2.45, 2.75) is 6.04 Å². The van der Waals surface area contributed by atoms with Crippen LogP contribution in [0.4, 0.5) is 0 Å². The van der Waals surface area contributed by atoms with Crippen molar-refractivity contribution in [2.75, 3.05) is 6.61 Å². The van der Waals surface area contributed by atoms with E-state index in [1.165, 1.54) is 12.3 Å². The largest absolute Gasteiger partial charge is 0.480 e. The molecule has 8 heteroatoms. The first kappa shape index (κ1) is 13.7. The van der Waals surface area contributed by atoms with Crippen molar-refractivity contribution in [3.8, 4) is 0 Å². The summed E-state index contributed by atoms with van der Waals surface area (Å²) in [6, 6.07) is -0.194. The minimum atomic E-state index is -1.40. The molecule has 0 aliphatic heterocycles. The Bertz CT molecular complexity index is 453. The summed E-state index contributed by atoms with van der Waals surface area (Å²) in [6.07, 6.45) is 1.17. The number of pyridine rings is 1. The van der Waals surface area contributed by atoms with Crippen LogP contribution >= 0.6 is 23.2 Å². The number of nitrogens with zero attached hydrogens (tertiary/aromatic N) is 1. The molecular formula is C9H8Cl2N2O4. The van der Waals surface area contributed by atoms with Crippen molar-refractivity contribution in [1.82, 2.24) is 10.3 Å². The first-order chi connectivity index (χ1) is 7.95. The summed E-state index contributed by atoms with van der Waals surface area (Å²) in [6.45, 7) is -0.725. The lowest BCUT2D eigenvalue weighted by molar-refractivity contribution is -0.140. The summed E-state index contributed by atoms with van der Waals surface area (Å²) in [5, 5.41) is 19.6. The van der Waals surface area contributed by atoms with Gasteiger partial charge in [-0.3, -0.25) is 4.79 Å². The van der Waals surface area contributed by atoms with Crippen LogP contribution in [0.3, 0.4) is 0 Å². The van der Waals surface area contributed by atoms with Gasteiger partial charge in [0, 0.05) is 6.20 Å². The molecule has 1 aromatic rings. The van der Waals surface area contributed by atoms with Crippen molar-refractivity contribution >= 4 is 35.1 Å². The van der Waals surface area contributed by atoms with E-state index in [-0.39, 0.29) is 15.7 Å². The monoisotopic (exact) mass is 278 g/mol. The zero-order valence-corrected chi connectivity index (χ0v) is 9.87. The summed E-state index contributed by atoms with van der Waals surface area (Å²) < 4.78 is 0. The molecule has 1 heterocycles. The molecule has 0 aliphatic rings. The van der Waals surface area contributed by atoms with Gasteiger partial charge in [0.1, 0.15) is 5.15 Å². The minimum Gasteiger partial charge on any atom is -0.480 e. The first-order valence-electron chi connectivity index (χ1n) is 4.41. The molecule has 0 radical (unpaired) electrons. The van der Waals surface area contributed by atoms with E-state index in [0.29, 0.717) is 0 Å². The predicted molar refractivity (Wildman–Crippen MR) is 60.2 cm³/mol. The first-order valence-corrected chi connectivity index (χ1v) is 5.17. The molecule has 0 unspecified atom stereocenters. The number of carboxylic acid groups (broad SMARTS) is 1. The second kappa shape index (κ2) is 5.81. The number of aliphatic carboxylic acids is 1. The van der Waals surface area contributed by atoms with Gasteiger partial charge in [0.2, 0.25) is 0 Å². The fourth-order valence-electron chi connectivity index (χ4n) is 1.01. The predicted octanol–water partition coefficient (Wildman–Crippen LogP) is 0.564. The molecule has 3 N–H and O–H groups in total. The zero-order chi connectivity index (χ0) is 13.0. The van der Waals surface area contributed by atoms with E-state index in [1.54, 1.807) is 0 Å². The van der Waals surface area contributed by atoms with E-state index >= 15 is 0 Å². The third-order valence-electron chi connectivity index (χ3n) is 1.85. The van der Waals surface area contributed by atoms with Crippen LogP contribution in [0, 0.1) is 0 Å². The number of carboxylic acids is 1. The Morgan fingerprint density at radius 3 is 2.65 bits per heavy atom. The van der Waals surface area contributed by atoms with Crippen LogP contribution in [-0.2, 0) is 4.79 Å². The maximum Gasteiger partial charge on any atom is 0.328 e. The number of nitrogens with one attached hydrogen (secondary N) is 1. The van der Waals surface area contributed by atoms with E-state index in [0.717, 1.165) is 0 Å². The molecule has 17 heavy (non-hydrogen) atoms. The highest BCUT2D eigenvalue weighted by Gasteiger charge is 2.21. The van der Waals surface area contributed by atoms with Crippen LogP contribution in [0.5, 0.6) is 0 Å². The number of aromatic nitrogens is 1. The quantitative estimate of drug-likeness (QED) is 0.699. The molecule has 1 aromatic heterocycles. The van der Waals surface area contributed by atoms with Gasteiger partial charge in [-0.1, -0.05) is 23.2 Å². The molecule has 0 aliphatic carbocycles. The highest BCUT2D eigenvalue weighted by molar-refractivity contribution is 6.35. The Morgan fingerprint density at radius 1 is 1.47 bits per heavy atom. The molecule has 92 valence electrons. The molecule has 0 spiro atoms. The number of aliphatic hydroxyl groups excluding tert-OH is 1. The van der Waals surface area contributed by atoms with Gasteiger partial charge >= 0.3 is 5.97 Å². The maximum absolute atomic E-state index is 11.6. The Kier molecular flexibility index (Phi) is 4.68. The number of halogens is 2. The van der Waals surface area contributed by atoms with Gasteiger partial charge in [-0.25, -0.2) is 9.78 Å². The summed E-state index contributed by atoms with van der Waals surface area (Å²) in [5.41, 5.74) is -0.00799. The lowest BCUT2D eigenvalue weighted by Crippen LogP contribution is -2.43. The van der Waals surface area contributed by atoms with Gasteiger partial charge in [-0.05, 0) is 6.07 Å². The molecule has 1 amide bonds. The second-order valence-electron chi connectivity index (χ2n) is 3.03. The van der Waals surface area contributed by atoms with E-state index in [4.69, 9.17) is 33.4 Å². The molecule has 0 fully saturated rings. The molecule has 0 saturated heterocycles. The number of hydrogen-bond donors (Lipinski definition) is 3. The molecule has 1 rings (SSSR count). The van der Waals surface area contributed by atoms with E-state index in [1.807, 2.05) is 0 Å². The maximum atomic E-state index is 11.6. The fraction of sp³-hybridized carbons (Fsp3) is 0.222. The zero-order valence-electron chi connectivity index (χ0n) is 8.35. The van der Waals surface area contributed by atoms with Crippen molar-refractivity contribution < 1.29 is 19.8 Å². The van der Waals surface area contributed by atoms with Crippen LogP contribution in [0.15, 0.2) is 12.3 Å². The van der Waals surface area contributed by atoms with Gasteiger partial charge in [-0.15, -0.1) is 0 Å². The van der Waals surface area contributed by atoms with Crippen molar-refractivity contribution in [2.24, 2.45) is 0 Å². The van der Waals surface area contributed by atoms with Gasteiger partial charge in [0.25, 0.3) is 5.91 Å². The lowest BCUT2D eigenvalue weighted by atomic mass is 10.2. The Hall–Kier alpha value is -1.37. The van der Waals surface area contributed by atoms with E-state index < -0.39 is 24.5 Å². The van der Waals surface area contributed by atoms with Crippen molar-refractivity contribution in [3.05, 3.63) is 28.0 Å². The van der Waals surface area contributed by atoms with Crippen molar-refractivity contribution in [3.63, 3.8) is 0 Å². The average molecular weight is 279 g/mol. The molecular weight excluding hydrogens is 271 g/mol. The number of carbonyl (C=O) groups excluding carboxylic acids is 1. The summed E-state index contributed by atoms with van der Waals surface area (Å²) in [5.74, 6) is -2.10. The van der Waals surface area contributed by atoms with Gasteiger partial charge in [0.15, 0.2) is 6.04 Å². The highest BCUT2D eigenvalue weighted by atomic mass is 35.5. The van der Waals surface area contributed by atoms with Crippen LogP contribution < -0.4 is 5.32 Å². The molecule has 0 saturated carbocycles. The van der Waals surface area contributed by atoms with Crippen LogP contribution in [0.25, 0.3) is 0 Å². The average Bonchev–Trinajstić information content (AvgIpc) is 2.28. The fourth-order valence-corrected chi connectivity index (χ4v) is 1.36. The summed E-state index contributed by atoms with van der Waals surface area (Å²) in [7, 11) is 0. The topological polar surface area (TPSA) is 99.5 Å². The number of carbonyl (C=O) groups is 2. The summed E-state index contributed by atoms with van der Waals surface area (Å²) >= 11 is 11.3. The molecule has 6 nitrogen and oxygen atoms in total. The van der Waals surface area contributed by atoms with E-state index in [2.05, 4.69) is 10.3 Å². The third kappa shape index (κ3) is 3.55. The SMILES string of the molecule is O=C(N[C@@H](CO)C(=O)O)c1cc(Cl)ncc1Cl. The number of rotatable bonds is 4. The van der Waals surface area contributed by atoms with Gasteiger partial charge < -0.3 is 15.5 Å².